The summed E-state index contributed by atoms with van der Waals surface area (Å²) in [4.78, 5) is 11.8. The Morgan fingerprint density at radius 2 is 1.81 bits per heavy atom. The van der Waals surface area contributed by atoms with E-state index in [1.165, 1.54) is 0 Å². The van der Waals surface area contributed by atoms with Crippen LogP contribution in [-0.2, 0) is 4.74 Å². The van der Waals surface area contributed by atoms with Gasteiger partial charge in [0.1, 0.15) is 5.75 Å². The lowest BCUT2D eigenvalue weighted by Crippen LogP contribution is -2.04. The highest BCUT2D eigenvalue weighted by atomic mass is 16.5. The molecular formula is C17H19NO3. The molecule has 110 valence electrons. The van der Waals surface area contributed by atoms with Gasteiger partial charge >= 0.3 is 5.97 Å². The van der Waals surface area contributed by atoms with Crippen LogP contribution in [-0.4, -0.2) is 19.2 Å². The summed E-state index contributed by atoms with van der Waals surface area (Å²) < 4.78 is 10.4. The lowest BCUT2D eigenvalue weighted by Gasteiger charge is -2.10. The number of anilines is 1. The van der Waals surface area contributed by atoms with Crippen LogP contribution in [0.4, 0.5) is 5.69 Å². The van der Waals surface area contributed by atoms with Gasteiger partial charge in [-0.25, -0.2) is 4.79 Å². The molecule has 0 heterocycles. The summed E-state index contributed by atoms with van der Waals surface area (Å²) in [7, 11) is 0. The molecule has 0 fully saturated rings. The highest BCUT2D eigenvalue weighted by Gasteiger charge is 2.09. The second-order valence-corrected chi connectivity index (χ2v) is 4.49. The molecule has 2 aromatic rings. The minimum absolute atomic E-state index is 0.321. The predicted octanol–water partition coefficient (Wildman–Crippen LogP) is 3.51. The van der Waals surface area contributed by atoms with Crippen LogP contribution in [0.3, 0.4) is 0 Å². The third-order valence-electron chi connectivity index (χ3n) is 3.02. The molecule has 0 unspecified atom stereocenters. The van der Waals surface area contributed by atoms with E-state index in [1.807, 2.05) is 37.3 Å². The molecular weight excluding hydrogens is 266 g/mol. The average molecular weight is 285 g/mol. The molecule has 0 radical (unpaired) electrons. The van der Waals surface area contributed by atoms with Gasteiger partial charge in [0, 0.05) is 0 Å². The van der Waals surface area contributed by atoms with Crippen LogP contribution in [0.25, 0.3) is 11.1 Å². The Hall–Kier alpha value is -2.49. The maximum atomic E-state index is 11.8. The molecule has 0 aliphatic heterocycles. The van der Waals surface area contributed by atoms with E-state index in [9.17, 15) is 4.79 Å². The largest absolute Gasteiger partial charge is 0.492 e. The van der Waals surface area contributed by atoms with Crippen molar-refractivity contribution in [1.29, 1.82) is 0 Å². The second-order valence-electron chi connectivity index (χ2n) is 4.49. The molecule has 0 saturated carbocycles. The molecule has 0 aliphatic rings. The number of carbonyl (C=O) groups is 1. The Morgan fingerprint density at radius 1 is 1.05 bits per heavy atom. The fraction of sp³-hybridized carbons (Fsp3) is 0.235. The summed E-state index contributed by atoms with van der Waals surface area (Å²) in [5.41, 5.74) is 8.93. The molecule has 2 rings (SSSR count). The number of esters is 1. The quantitative estimate of drug-likeness (QED) is 0.674. The molecule has 2 N–H and O–H groups in total. The number of nitrogens with two attached hydrogens (primary N) is 1. The van der Waals surface area contributed by atoms with Gasteiger partial charge < -0.3 is 15.2 Å². The summed E-state index contributed by atoms with van der Waals surface area (Å²) in [6, 6.07) is 12.9. The van der Waals surface area contributed by atoms with Gasteiger partial charge in [0.15, 0.2) is 0 Å². The number of ether oxygens (including phenoxy) is 2. The molecule has 2 aromatic carbocycles. The van der Waals surface area contributed by atoms with Crippen LogP contribution in [0, 0.1) is 0 Å². The molecule has 0 spiro atoms. The molecule has 4 nitrogen and oxygen atoms in total. The van der Waals surface area contributed by atoms with E-state index in [2.05, 4.69) is 0 Å². The molecule has 0 aromatic heterocycles. The van der Waals surface area contributed by atoms with Crippen molar-refractivity contribution >= 4 is 11.7 Å². The predicted molar refractivity (Wildman–Crippen MR) is 83.4 cm³/mol. The lowest BCUT2D eigenvalue weighted by molar-refractivity contribution is 0.0526. The fourth-order valence-corrected chi connectivity index (χ4v) is 2.06. The number of benzene rings is 2. The molecule has 0 atom stereocenters. The Kier molecular flexibility index (Phi) is 4.82. The lowest BCUT2D eigenvalue weighted by atomic mass is 10.0. The summed E-state index contributed by atoms with van der Waals surface area (Å²) in [5.74, 6) is 0.348. The maximum Gasteiger partial charge on any atom is 0.338 e. The zero-order valence-electron chi connectivity index (χ0n) is 12.3. The van der Waals surface area contributed by atoms with Crippen molar-refractivity contribution in [2.45, 2.75) is 13.8 Å². The number of carbonyl (C=O) groups excluding carboxylic acids is 1. The third-order valence-corrected chi connectivity index (χ3v) is 3.02. The van der Waals surface area contributed by atoms with Gasteiger partial charge in [-0.3, -0.25) is 0 Å². The third kappa shape index (κ3) is 3.54. The normalized spacial score (nSPS) is 10.2. The number of rotatable bonds is 5. The first-order chi connectivity index (χ1) is 10.2. The molecule has 21 heavy (non-hydrogen) atoms. The van der Waals surface area contributed by atoms with E-state index >= 15 is 0 Å². The van der Waals surface area contributed by atoms with Gasteiger partial charge in [-0.1, -0.05) is 18.2 Å². The van der Waals surface area contributed by atoms with E-state index < -0.39 is 0 Å². The summed E-state index contributed by atoms with van der Waals surface area (Å²) >= 11 is 0. The van der Waals surface area contributed by atoms with Crippen molar-refractivity contribution in [1.82, 2.24) is 0 Å². The van der Waals surface area contributed by atoms with Crippen LogP contribution in [0.5, 0.6) is 5.75 Å². The van der Waals surface area contributed by atoms with Crippen molar-refractivity contribution in [3.63, 3.8) is 0 Å². The minimum Gasteiger partial charge on any atom is -0.492 e. The summed E-state index contributed by atoms with van der Waals surface area (Å²) in [6.45, 7) is 4.63. The topological polar surface area (TPSA) is 61.5 Å². The Labute approximate surface area is 124 Å². The maximum absolute atomic E-state index is 11.8. The first-order valence-electron chi connectivity index (χ1n) is 6.95. The van der Waals surface area contributed by atoms with Gasteiger partial charge in [-0.15, -0.1) is 0 Å². The van der Waals surface area contributed by atoms with Gasteiger partial charge in [0.05, 0.1) is 24.5 Å². The van der Waals surface area contributed by atoms with Crippen molar-refractivity contribution in [3.05, 3.63) is 48.0 Å². The minimum atomic E-state index is -0.321. The van der Waals surface area contributed by atoms with E-state index in [1.54, 1.807) is 19.1 Å². The van der Waals surface area contributed by atoms with Crippen molar-refractivity contribution < 1.29 is 14.3 Å². The second kappa shape index (κ2) is 6.79. The van der Waals surface area contributed by atoms with Gasteiger partial charge in [-0.2, -0.15) is 0 Å². The Morgan fingerprint density at radius 3 is 2.48 bits per heavy atom. The molecule has 0 amide bonds. The number of hydrogen-bond donors (Lipinski definition) is 1. The summed E-state index contributed by atoms with van der Waals surface area (Å²) in [5, 5.41) is 0. The standard InChI is InChI=1S/C17H19NO3/c1-3-20-16-9-8-13(11-15(16)18)12-6-5-7-14(10-12)17(19)21-4-2/h5-11H,3-4,18H2,1-2H3. The Balaban J connectivity index is 2.32. The SMILES string of the molecule is CCOC(=O)c1cccc(-c2ccc(OCC)c(N)c2)c1. The zero-order valence-corrected chi connectivity index (χ0v) is 12.3. The van der Waals surface area contributed by atoms with Crippen LogP contribution >= 0.6 is 0 Å². The zero-order chi connectivity index (χ0) is 15.2. The number of hydrogen-bond acceptors (Lipinski definition) is 4. The van der Waals surface area contributed by atoms with Crippen LogP contribution in [0.1, 0.15) is 24.2 Å². The summed E-state index contributed by atoms with van der Waals surface area (Å²) in [6.07, 6.45) is 0. The molecule has 4 heteroatoms. The first kappa shape index (κ1) is 14.9. The van der Waals surface area contributed by atoms with Crippen molar-refractivity contribution in [2.24, 2.45) is 0 Å². The highest BCUT2D eigenvalue weighted by molar-refractivity contribution is 5.91. The van der Waals surface area contributed by atoms with E-state index in [4.69, 9.17) is 15.2 Å². The van der Waals surface area contributed by atoms with Crippen LogP contribution in [0.15, 0.2) is 42.5 Å². The smallest absolute Gasteiger partial charge is 0.338 e. The number of nitrogen functional groups attached to an aromatic ring is 1. The van der Waals surface area contributed by atoms with Crippen molar-refractivity contribution in [2.75, 3.05) is 18.9 Å². The highest BCUT2D eigenvalue weighted by Crippen LogP contribution is 2.29. The van der Waals surface area contributed by atoms with Crippen LogP contribution in [0.2, 0.25) is 0 Å². The van der Waals surface area contributed by atoms with E-state index in [-0.39, 0.29) is 5.97 Å². The Bertz CT molecular complexity index is 638. The van der Waals surface area contributed by atoms with Gasteiger partial charge in [0.25, 0.3) is 0 Å². The average Bonchev–Trinajstić information content (AvgIpc) is 2.50. The first-order valence-corrected chi connectivity index (χ1v) is 6.95. The fourth-order valence-electron chi connectivity index (χ4n) is 2.06. The van der Waals surface area contributed by atoms with Crippen molar-refractivity contribution in [3.8, 4) is 16.9 Å². The van der Waals surface area contributed by atoms with Crippen LogP contribution < -0.4 is 10.5 Å². The van der Waals surface area contributed by atoms with Gasteiger partial charge in [-0.05, 0) is 49.2 Å². The molecule has 0 bridgehead atoms. The monoisotopic (exact) mass is 285 g/mol. The van der Waals surface area contributed by atoms with E-state index in [0.29, 0.717) is 30.2 Å². The van der Waals surface area contributed by atoms with E-state index in [0.717, 1.165) is 11.1 Å². The molecule has 0 saturated heterocycles. The molecule has 0 aliphatic carbocycles. The van der Waals surface area contributed by atoms with Gasteiger partial charge in [0.2, 0.25) is 0 Å².